The molecule has 1 heterocycles. The molecule has 1 aromatic rings. The molecule has 0 radical (unpaired) electrons. The molecule has 70 valence electrons. The quantitative estimate of drug-likeness (QED) is 0.624. The summed E-state index contributed by atoms with van der Waals surface area (Å²) in [6.45, 7) is 1.41. The number of benzene rings is 1. The summed E-state index contributed by atoms with van der Waals surface area (Å²) < 4.78 is 25.0. The third-order valence-corrected chi connectivity index (χ3v) is 3.64. The zero-order valence-corrected chi connectivity index (χ0v) is 7.80. The lowest BCUT2D eigenvalue weighted by Gasteiger charge is -2.15. The number of nitrogens with one attached hydrogen (secondary N) is 1. The summed E-state index contributed by atoms with van der Waals surface area (Å²) in [5.41, 5.74) is -1.08. The molecular formula is C8H9NO3S. The Morgan fingerprint density at radius 3 is 2.62 bits per heavy atom. The molecule has 5 heteroatoms. The van der Waals surface area contributed by atoms with Crippen LogP contribution in [0.2, 0.25) is 0 Å². The van der Waals surface area contributed by atoms with Gasteiger partial charge in [-0.05, 0) is 13.0 Å². The number of aliphatic hydroxyl groups is 1. The summed E-state index contributed by atoms with van der Waals surface area (Å²) in [6, 6.07) is 6.38. The molecule has 1 aliphatic rings. The fourth-order valence-corrected chi connectivity index (χ4v) is 3.03. The van der Waals surface area contributed by atoms with Gasteiger partial charge in [0.2, 0.25) is 10.0 Å². The highest BCUT2D eigenvalue weighted by Crippen LogP contribution is 2.32. The van der Waals surface area contributed by atoms with Crippen molar-refractivity contribution in [3.63, 3.8) is 0 Å². The van der Waals surface area contributed by atoms with Crippen LogP contribution < -0.4 is 4.72 Å². The zero-order chi connectivity index (χ0) is 9.69. The molecule has 1 unspecified atom stereocenters. The van der Waals surface area contributed by atoms with Crippen LogP contribution in [0, 0.1) is 0 Å². The van der Waals surface area contributed by atoms with Gasteiger partial charge in [-0.1, -0.05) is 18.2 Å². The Morgan fingerprint density at radius 2 is 2.00 bits per heavy atom. The molecule has 0 fully saturated rings. The van der Waals surface area contributed by atoms with Crippen LogP contribution in [0.15, 0.2) is 29.2 Å². The molecule has 4 nitrogen and oxygen atoms in total. The van der Waals surface area contributed by atoms with E-state index in [2.05, 4.69) is 4.72 Å². The first-order valence-corrected chi connectivity index (χ1v) is 5.28. The van der Waals surface area contributed by atoms with E-state index in [0.29, 0.717) is 5.56 Å². The van der Waals surface area contributed by atoms with Crippen LogP contribution in [0.5, 0.6) is 0 Å². The molecule has 1 aromatic carbocycles. The monoisotopic (exact) mass is 199 g/mol. The minimum Gasteiger partial charge on any atom is -0.371 e. The molecule has 0 saturated carbocycles. The second-order valence-corrected chi connectivity index (χ2v) is 4.82. The standard InChI is InChI=1S/C8H9NO3S/c1-8(10)6-4-2-3-5-7(6)13(11,12)9-8/h2-5,9-10H,1H3. The van der Waals surface area contributed by atoms with Gasteiger partial charge in [0.25, 0.3) is 0 Å². The molecule has 0 spiro atoms. The Morgan fingerprint density at radius 1 is 1.38 bits per heavy atom. The van der Waals surface area contributed by atoms with E-state index >= 15 is 0 Å². The maximum Gasteiger partial charge on any atom is 0.243 e. The predicted octanol–water partition coefficient (Wildman–Crippen LogP) is 0.144. The van der Waals surface area contributed by atoms with Gasteiger partial charge in [0.15, 0.2) is 5.72 Å². The largest absolute Gasteiger partial charge is 0.371 e. The van der Waals surface area contributed by atoms with E-state index in [1.807, 2.05) is 0 Å². The van der Waals surface area contributed by atoms with E-state index in [1.54, 1.807) is 18.2 Å². The maximum absolute atomic E-state index is 11.4. The van der Waals surface area contributed by atoms with Gasteiger partial charge in [-0.25, -0.2) is 8.42 Å². The van der Waals surface area contributed by atoms with Crippen molar-refractivity contribution < 1.29 is 13.5 Å². The van der Waals surface area contributed by atoms with Crippen molar-refractivity contribution in [3.8, 4) is 0 Å². The SMILES string of the molecule is CC1(O)NS(=O)(=O)c2ccccc21. The van der Waals surface area contributed by atoms with Crippen LogP contribution in [0.25, 0.3) is 0 Å². The average molecular weight is 199 g/mol. The van der Waals surface area contributed by atoms with Gasteiger partial charge in [0, 0.05) is 5.56 Å². The molecule has 2 N–H and O–H groups in total. The molecular weight excluding hydrogens is 190 g/mol. The van der Waals surface area contributed by atoms with Gasteiger partial charge in [-0.15, -0.1) is 0 Å². The van der Waals surface area contributed by atoms with Gasteiger partial charge in [-0.3, -0.25) is 0 Å². The average Bonchev–Trinajstić information content (AvgIpc) is 2.20. The van der Waals surface area contributed by atoms with Crippen molar-refractivity contribution in [2.24, 2.45) is 0 Å². The summed E-state index contributed by atoms with van der Waals surface area (Å²) >= 11 is 0. The van der Waals surface area contributed by atoms with Crippen LogP contribution in [-0.4, -0.2) is 13.5 Å². The lowest BCUT2D eigenvalue weighted by Crippen LogP contribution is -2.35. The van der Waals surface area contributed by atoms with E-state index < -0.39 is 15.7 Å². The highest BCUT2D eigenvalue weighted by molar-refractivity contribution is 7.89. The smallest absolute Gasteiger partial charge is 0.243 e. The molecule has 0 saturated heterocycles. The molecule has 2 rings (SSSR count). The van der Waals surface area contributed by atoms with Gasteiger partial charge >= 0.3 is 0 Å². The molecule has 0 amide bonds. The summed E-state index contributed by atoms with van der Waals surface area (Å²) in [5.74, 6) is 0. The van der Waals surface area contributed by atoms with E-state index in [4.69, 9.17) is 0 Å². The van der Waals surface area contributed by atoms with Crippen molar-refractivity contribution in [2.75, 3.05) is 0 Å². The van der Waals surface area contributed by atoms with Gasteiger partial charge < -0.3 is 5.11 Å². The first-order chi connectivity index (χ1) is 5.93. The molecule has 1 aliphatic heterocycles. The fourth-order valence-electron chi connectivity index (χ4n) is 1.47. The topological polar surface area (TPSA) is 66.4 Å². The van der Waals surface area contributed by atoms with Crippen molar-refractivity contribution >= 4 is 10.0 Å². The highest BCUT2D eigenvalue weighted by Gasteiger charge is 2.41. The summed E-state index contributed by atoms with van der Waals surface area (Å²) in [5, 5.41) is 9.69. The number of hydrogen-bond donors (Lipinski definition) is 2. The number of hydrogen-bond acceptors (Lipinski definition) is 3. The second kappa shape index (κ2) is 2.31. The van der Waals surface area contributed by atoms with E-state index in [0.717, 1.165) is 0 Å². The Labute approximate surface area is 76.3 Å². The summed E-state index contributed by atoms with van der Waals surface area (Å²) in [4.78, 5) is 0.153. The molecule has 0 aromatic heterocycles. The third kappa shape index (κ3) is 1.16. The molecule has 0 aliphatic carbocycles. The molecule has 1 atom stereocenters. The summed E-state index contributed by atoms with van der Waals surface area (Å²) in [6.07, 6.45) is 0. The second-order valence-electron chi connectivity index (χ2n) is 3.17. The van der Waals surface area contributed by atoms with Crippen molar-refractivity contribution in [2.45, 2.75) is 17.5 Å². The lowest BCUT2D eigenvalue weighted by molar-refractivity contribution is 0.0489. The van der Waals surface area contributed by atoms with E-state index in [1.165, 1.54) is 13.0 Å². The van der Waals surface area contributed by atoms with Gasteiger partial charge in [-0.2, -0.15) is 4.72 Å². The molecule has 13 heavy (non-hydrogen) atoms. The first-order valence-electron chi connectivity index (χ1n) is 3.79. The normalized spacial score (nSPS) is 30.0. The van der Waals surface area contributed by atoms with Crippen LogP contribution in [0.3, 0.4) is 0 Å². The van der Waals surface area contributed by atoms with Gasteiger partial charge in [0.05, 0.1) is 4.90 Å². The van der Waals surface area contributed by atoms with Crippen LogP contribution in [-0.2, 0) is 15.7 Å². The fraction of sp³-hybridized carbons (Fsp3) is 0.250. The van der Waals surface area contributed by atoms with Crippen molar-refractivity contribution in [1.82, 2.24) is 4.72 Å². The van der Waals surface area contributed by atoms with Crippen LogP contribution >= 0.6 is 0 Å². The molecule has 0 bridgehead atoms. The van der Waals surface area contributed by atoms with Crippen LogP contribution in [0.1, 0.15) is 12.5 Å². The van der Waals surface area contributed by atoms with E-state index in [9.17, 15) is 13.5 Å². The third-order valence-electron chi connectivity index (χ3n) is 2.03. The van der Waals surface area contributed by atoms with Gasteiger partial charge in [0.1, 0.15) is 0 Å². The summed E-state index contributed by atoms with van der Waals surface area (Å²) in [7, 11) is -3.51. The van der Waals surface area contributed by atoms with Crippen LogP contribution in [0.4, 0.5) is 0 Å². The predicted molar refractivity (Wildman–Crippen MR) is 46.3 cm³/mol. The maximum atomic E-state index is 11.4. The van der Waals surface area contributed by atoms with E-state index in [-0.39, 0.29) is 4.90 Å². The Bertz CT molecular complexity index is 450. The number of rotatable bonds is 0. The minimum absolute atomic E-state index is 0.153. The number of fused-ring (bicyclic) bond motifs is 1. The van der Waals surface area contributed by atoms with Crippen molar-refractivity contribution in [3.05, 3.63) is 29.8 Å². The minimum atomic E-state index is -3.51. The van der Waals surface area contributed by atoms with Crippen molar-refractivity contribution in [1.29, 1.82) is 0 Å². The number of sulfonamides is 1. The highest BCUT2D eigenvalue weighted by atomic mass is 32.2. The Hall–Kier alpha value is -0.910. The Kier molecular flexibility index (Phi) is 1.54. The first kappa shape index (κ1) is 8.68. The lowest BCUT2D eigenvalue weighted by atomic mass is 10.1. The Balaban J connectivity index is 2.79. The zero-order valence-electron chi connectivity index (χ0n) is 6.98.